The third-order valence-electron chi connectivity index (χ3n) is 4.04. The Hall–Kier alpha value is -1.27. The molecule has 0 saturated heterocycles. The summed E-state index contributed by atoms with van der Waals surface area (Å²) in [4.78, 5) is 0. The Labute approximate surface area is 141 Å². The first-order chi connectivity index (χ1) is 10.5. The minimum atomic E-state index is -0.126. The topological polar surface area (TPSA) is 51.8 Å². The van der Waals surface area contributed by atoms with Gasteiger partial charge in [0.05, 0.1) is 0 Å². The SMILES string of the molecule is Cc1ccc(CC2C=C(Br)C(c3nnc(N)s3)CC2)cc1F. The Bertz CT molecular complexity index is 713. The van der Waals surface area contributed by atoms with E-state index in [1.54, 1.807) is 13.0 Å². The number of aromatic nitrogens is 2. The van der Waals surface area contributed by atoms with Crippen molar-refractivity contribution in [2.45, 2.75) is 32.1 Å². The van der Waals surface area contributed by atoms with Crippen molar-refractivity contribution in [3.63, 3.8) is 0 Å². The van der Waals surface area contributed by atoms with E-state index in [0.29, 0.717) is 16.6 Å². The van der Waals surface area contributed by atoms with Gasteiger partial charge in [0.15, 0.2) is 0 Å². The Kier molecular flexibility index (Phi) is 4.59. The third-order valence-corrected chi connectivity index (χ3v) is 5.73. The van der Waals surface area contributed by atoms with Crippen LogP contribution >= 0.6 is 27.3 Å². The van der Waals surface area contributed by atoms with Gasteiger partial charge in [-0.05, 0) is 49.3 Å². The molecule has 0 amide bonds. The number of nitrogen functional groups attached to an aromatic ring is 1. The molecular weight excluding hydrogens is 365 g/mol. The smallest absolute Gasteiger partial charge is 0.203 e. The second-order valence-electron chi connectivity index (χ2n) is 5.71. The molecule has 1 aliphatic carbocycles. The first kappa shape index (κ1) is 15.6. The maximum absolute atomic E-state index is 13.6. The van der Waals surface area contributed by atoms with Gasteiger partial charge in [-0.1, -0.05) is 45.5 Å². The van der Waals surface area contributed by atoms with Crippen molar-refractivity contribution in [3.05, 3.63) is 50.7 Å². The number of nitrogens with two attached hydrogens (primary N) is 1. The molecule has 1 aromatic heterocycles. The highest BCUT2D eigenvalue weighted by Crippen LogP contribution is 2.41. The number of allylic oxidation sites excluding steroid dienone is 2. The molecule has 6 heteroatoms. The van der Waals surface area contributed by atoms with Crippen molar-refractivity contribution in [2.75, 3.05) is 5.73 Å². The molecule has 2 unspecified atom stereocenters. The fourth-order valence-electron chi connectivity index (χ4n) is 2.80. The van der Waals surface area contributed by atoms with E-state index < -0.39 is 0 Å². The first-order valence-electron chi connectivity index (χ1n) is 7.24. The summed E-state index contributed by atoms with van der Waals surface area (Å²) in [6.45, 7) is 1.79. The van der Waals surface area contributed by atoms with E-state index in [1.807, 2.05) is 12.1 Å². The predicted molar refractivity (Wildman–Crippen MR) is 91.6 cm³/mol. The Morgan fingerprint density at radius 1 is 1.36 bits per heavy atom. The van der Waals surface area contributed by atoms with Crippen molar-refractivity contribution in [1.29, 1.82) is 0 Å². The van der Waals surface area contributed by atoms with Gasteiger partial charge in [-0.3, -0.25) is 0 Å². The largest absolute Gasteiger partial charge is 0.374 e. The second kappa shape index (κ2) is 6.46. The van der Waals surface area contributed by atoms with Crippen LogP contribution in [0.5, 0.6) is 0 Å². The summed E-state index contributed by atoms with van der Waals surface area (Å²) in [6, 6.07) is 5.51. The van der Waals surface area contributed by atoms with Gasteiger partial charge in [0, 0.05) is 10.4 Å². The van der Waals surface area contributed by atoms with Crippen LogP contribution in [0, 0.1) is 18.7 Å². The van der Waals surface area contributed by atoms with Crippen LogP contribution in [0.25, 0.3) is 0 Å². The van der Waals surface area contributed by atoms with E-state index in [0.717, 1.165) is 34.3 Å². The van der Waals surface area contributed by atoms with Gasteiger partial charge < -0.3 is 5.73 Å². The monoisotopic (exact) mass is 381 g/mol. The lowest BCUT2D eigenvalue weighted by molar-refractivity contribution is 0.502. The normalized spacial score (nSPS) is 21.7. The molecule has 0 radical (unpaired) electrons. The summed E-state index contributed by atoms with van der Waals surface area (Å²) in [5, 5.41) is 9.50. The molecular formula is C16H17BrFN3S. The molecule has 1 heterocycles. The highest BCUT2D eigenvalue weighted by molar-refractivity contribution is 9.11. The summed E-state index contributed by atoms with van der Waals surface area (Å²) in [7, 11) is 0. The summed E-state index contributed by atoms with van der Waals surface area (Å²) < 4.78 is 14.8. The number of benzene rings is 1. The van der Waals surface area contributed by atoms with Crippen molar-refractivity contribution < 1.29 is 4.39 Å². The maximum Gasteiger partial charge on any atom is 0.203 e. The summed E-state index contributed by atoms with van der Waals surface area (Å²) >= 11 is 5.11. The van der Waals surface area contributed by atoms with E-state index in [4.69, 9.17) is 5.73 Å². The lowest BCUT2D eigenvalue weighted by Crippen LogP contribution is -2.12. The Morgan fingerprint density at radius 3 is 2.82 bits per heavy atom. The van der Waals surface area contributed by atoms with Gasteiger partial charge in [0.2, 0.25) is 5.13 Å². The molecule has 116 valence electrons. The second-order valence-corrected chi connectivity index (χ2v) is 7.66. The van der Waals surface area contributed by atoms with Crippen LogP contribution in [0.2, 0.25) is 0 Å². The van der Waals surface area contributed by atoms with Gasteiger partial charge in [0.25, 0.3) is 0 Å². The van der Waals surface area contributed by atoms with Crippen LogP contribution in [0.4, 0.5) is 9.52 Å². The number of hydrogen-bond donors (Lipinski definition) is 1. The molecule has 0 aliphatic heterocycles. The molecule has 2 aromatic rings. The average molecular weight is 382 g/mol. The third kappa shape index (κ3) is 3.38. The highest BCUT2D eigenvalue weighted by atomic mass is 79.9. The van der Waals surface area contributed by atoms with E-state index >= 15 is 0 Å². The molecule has 22 heavy (non-hydrogen) atoms. The zero-order chi connectivity index (χ0) is 15.7. The molecule has 0 spiro atoms. The molecule has 1 aromatic carbocycles. The molecule has 0 fully saturated rings. The van der Waals surface area contributed by atoms with Crippen molar-refractivity contribution in [1.82, 2.24) is 10.2 Å². The van der Waals surface area contributed by atoms with E-state index in [1.165, 1.54) is 11.3 Å². The average Bonchev–Trinajstić information content (AvgIpc) is 2.89. The van der Waals surface area contributed by atoms with Crippen LogP contribution in [0.1, 0.15) is 34.9 Å². The molecule has 0 saturated carbocycles. The zero-order valence-electron chi connectivity index (χ0n) is 12.2. The molecule has 2 atom stereocenters. The molecule has 1 aliphatic rings. The number of halogens is 2. The number of hydrogen-bond acceptors (Lipinski definition) is 4. The summed E-state index contributed by atoms with van der Waals surface area (Å²) in [6.07, 6.45) is 5.14. The van der Waals surface area contributed by atoms with Crippen molar-refractivity contribution in [2.24, 2.45) is 5.92 Å². The fraction of sp³-hybridized carbons (Fsp3) is 0.375. The quantitative estimate of drug-likeness (QED) is 0.845. The van der Waals surface area contributed by atoms with Gasteiger partial charge in [0.1, 0.15) is 10.8 Å². The molecule has 3 nitrogen and oxygen atoms in total. The molecule has 2 N–H and O–H groups in total. The molecule has 3 rings (SSSR count). The summed E-state index contributed by atoms with van der Waals surface area (Å²) in [5.41, 5.74) is 7.40. The minimum absolute atomic E-state index is 0.126. The van der Waals surface area contributed by atoms with Gasteiger partial charge >= 0.3 is 0 Å². The van der Waals surface area contributed by atoms with E-state index in [2.05, 4.69) is 32.2 Å². The van der Waals surface area contributed by atoms with E-state index in [9.17, 15) is 4.39 Å². The van der Waals surface area contributed by atoms with Crippen molar-refractivity contribution >= 4 is 32.4 Å². The first-order valence-corrected chi connectivity index (χ1v) is 8.85. The number of aryl methyl sites for hydroxylation is 1. The fourth-order valence-corrected chi connectivity index (χ4v) is 4.53. The maximum atomic E-state index is 13.6. The molecule has 0 bridgehead atoms. The van der Waals surface area contributed by atoms with E-state index in [-0.39, 0.29) is 11.7 Å². The highest BCUT2D eigenvalue weighted by Gasteiger charge is 2.26. The number of nitrogens with zero attached hydrogens (tertiary/aromatic N) is 2. The van der Waals surface area contributed by atoms with Crippen LogP contribution in [0.15, 0.2) is 28.8 Å². The lowest BCUT2D eigenvalue weighted by Gasteiger charge is -2.24. The Balaban J connectivity index is 1.72. The number of rotatable bonds is 3. The minimum Gasteiger partial charge on any atom is -0.374 e. The van der Waals surface area contributed by atoms with Crippen molar-refractivity contribution in [3.8, 4) is 0 Å². The number of anilines is 1. The predicted octanol–water partition coefficient (Wildman–Crippen LogP) is 4.58. The lowest BCUT2D eigenvalue weighted by atomic mass is 9.85. The van der Waals surface area contributed by atoms with Gasteiger partial charge in [-0.25, -0.2) is 4.39 Å². The van der Waals surface area contributed by atoms with Gasteiger partial charge in [-0.15, -0.1) is 10.2 Å². The van der Waals surface area contributed by atoms with Gasteiger partial charge in [-0.2, -0.15) is 0 Å². The zero-order valence-corrected chi connectivity index (χ0v) is 14.6. The van der Waals surface area contributed by atoms with Crippen LogP contribution < -0.4 is 5.73 Å². The Morgan fingerprint density at radius 2 is 2.18 bits per heavy atom. The van der Waals surface area contributed by atoms with Crippen LogP contribution in [-0.4, -0.2) is 10.2 Å². The standard InChI is InChI=1S/C16H17BrFN3S/c1-9-2-3-11(8-14(9)18)6-10-4-5-12(13(17)7-10)15-20-21-16(19)22-15/h2-3,7-8,10,12H,4-6H2,1H3,(H2,19,21). The summed E-state index contributed by atoms with van der Waals surface area (Å²) in [5.74, 6) is 0.539. The van der Waals surface area contributed by atoms with Crippen LogP contribution in [-0.2, 0) is 6.42 Å². The van der Waals surface area contributed by atoms with Crippen LogP contribution in [0.3, 0.4) is 0 Å².